The van der Waals surface area contributed by atoms with Crippen LogP contribution in [0.3, 0.4) is 0 Å². The Morgan fingerprint density at radius 3 is 2.74 bits per heavy atom. The number of benzene rings is 1. The van der Waals surface area contributed by atoms with E-state index in [0.29, 0.717) is 6.04 Å². The fraction of sp³-hybridized carbons (Fsp3) is 0.438. The molecule has 1 aromatic carbocycles. The monoisotopic (exact) mass is 393 g/mol. The van der Waals surface area contributed by atoms with Gasteiger partial charge in [-0.3, -0.25) is 4.90 Å². The summed E-state index contributed by atoms with van der Waals surface area (Å²) in [6.07, 6.45) is 0.888. The van der Waals surface area contributed by atoms with Gasteiger partial charge in [0.05, 0.1) is 10.7 Å². The van der Waals surface area contributed by atoms with Crippen LogP contribution in [0.4, 0.5) is 0 Å². The normalized spacial score (nSPS) is 18.1. The van der Waals surface area contributed by atoms with Crippen molar-refractivity contribution < 1.29 is 0 Å². The van der Waals surface area contributed by atoms with Crippen LogP contribution in [0.1, 0.15) is 23.2 Å². The Morgan fingerprint density at radius 1 is 1.30 bits per heavy atom. The average molecular weight is 395 g/mol. The number of nitrogens with one attached hydrogen (secondary N) is 1. The fourth-order valence-electron chi connectivity index (χ4n) is 2.61. The molecule has 1 aliphatic rings. The van der Waals surface area contributed by atoms with Crippen LogP contribution in [0.2, 0.25) is 5.02 Å². The summed E-state index contributed by atoms with van der Waals surface area (Å²) in [7, 11) is 0. The SMILES string of the molecule is C[C@H]1CNCCN1Cc1csc(Cc2ccc(Cl)cc2)n1.Cl.Cl. The van der Waals surface area contributed by atoms with Crippen LogP contribution in [0.25, 0.3) is 0 Å². The van der Waals surface area contributed by atoms with Crippen molar-refractivity contribution in [1.29, 1.82) is 0 Å². The minimum absolute atomic E-state index is 0. The van der Waals surface area contributed by atoms with E-state index in [1.54, 1.807) is 11.3 Å². The van der Waals surface area contributed by atoms with Gasteiger partial charge < -0.3 is 5.32 Å². The zero-order valence-electron chi connectivity index (χ0n) is 13.0. The molecule has 1 N–H and O–H groups in total. The van der Waals surface area contributed by atoms with Crippen LogP contribution in [-0.4, -0.2) is 35.6 Å². The van der Waals surface area contributed by atoms with Crippen molar-refractivity contribution in [2.24, 2.45) is 0 Å². The highest BCUT2D eigenvalue weighted by Gasteiger charge is 2.18. The first-order valence-electron chi connectivity index (χ1n) is 7.33. The van der Waals surface area contributed by atoms with Crippen molar-refractivity contribution in [2.75, 3.05) is 19.6 Å². The van der Waals surface area contributed by atoms with Gasteiger partial charge in [0.15, 0.2) is 0 Å². The molecule has 1 saturated heterocycles. The maximum atomic E-state index is 5.92. The summed E-state index contributed by atoms with van der Waals surface area (Å²) in [5.74, 6) is 0. The zero-order chi connectivity index (χ0) is 14.7. The van der Waals surface area contributed by atoms with Gasteiger partial charge in [0.25, 0.3) is 0 Å². The standard InChI is InChI=1S/C16H20ClN3S.2ClH/c1-12-9-18-6-7-20(12)10-15-11-21-16(19-15)8-13-2-4-14(17)5-3-13;;/h2-5,11-12,18H,6-10H2,1H3;2*1H/t12-;;/m0../s1. The van der Waals surface area contributed by atoms with Gasteiger partial charge >= 0.3 is 0 Å². The molecule has 0 unspecified atom stereocenters. The predicted octanol–water partition coefficient (Wildman–Crippen LogP) is 4.02. The smallest absolute Gasteiger partial charge is 0.0972 e. The van der Waals surface area contributed by atoms with Gasteiger partial charge in [-0.15, -0.1) is 36.2 Å². The zero-order valence-corrected chi connectivity index (χ0v) is 16.2. The highest BCUT2D eigenvalue weighted by molar-refractivity contribution is 7.09. The van der Waals surface area contributed by atoms with Crippen LogP contribution in [0.15, 0.2) is 29.6 Å². The third-order valence-electron chi connectivity index (χ3n) is 3.87. The summed E-state index contributed by atoms with van der Waals surface area (Å²) in [6, 6.07) is 8.60. The molecule has 1 atom stereocenters. The van der Waals surface area contributed by atoms with Crippen molar-refractivity contribution in [1.82, 2.24) is 15.2 Å². The van der Waals surface area contributed by atoms with Crippen molar-refractivity contribution in [3.05, 3.63) is 50.9 Å². The van der Waals surface area contributed by atoms with Gasteiger partial charge in [-0.25, -0.2) is 4.98 Å². The van der Waals surface area contributed by atoms with Crippen LogP contribution < -0.4 is 5.32 Å². The Labute approximate surface area is 159 Å². The van der Waals surface area contributed by atoms with E-state index >= 15 is 0 Å². The van der Waals surface area contributed by atoms with Crippen molar-refractivity contribution in [2.45, 2.75) is 25.9 Å². The Kier molecular flexibility index (Phi) is 8.83. The average Bonchev–Trinajstić information content (AvgIpc) is 2.91. The van der Waals surface area contributed by atoms with Crippen molar-refractivity contribution >= 4 is 47.8 Å². The molecule has 0 amide bonds. The quantitative estimate of drug-likeness (QED) is 0.848. The number of aromatic nitrogens is 1. The molecule has 3 rings (SSSR count). The van der Waals surface area contributed by atoms with E-state index in [4.69, 9.17) is 16.6 Å². The lowest BCUT2D eigenvalue weighted by atomic mass is 10.2. The molecule has 0 saturated carbocycles. The maximum Gasteiger partial charge on any atom is 0.0972 e. The lowest BCUT2D eigenvalue weighted by Gasteiger charge is -2.33. The predicted molar refractivity (Wildman–Crippen MR) is 104 cm³/mol. The number of halogens is 3. The van der Waals surface area contributed by atoms with E-state index in [9.17, 15) is 0 Å². The molecule has 3 nitrogen and oxygen atoms in total. The van der Waals surface area contributed by atoms with Gasteiger partial charge in [0.2, 0.25) is 0 Å². The summed E-state index contributed by atoms with van der Waals surface area (Å²) >= 11 is 7.67. The van der Waals surface area contributed by atoms with Gasteiger partial charge in [-0.1, -0.05) is 23.7 Å². The minimum atomic E-state index is 0. The number of rotatable bonds is 4. The molecule has 1 aliphatic heterocycles. The number of hydrogen-bond donors (Lipinski definition) is 1. The number of nitrogens with zero attached hydrogens (tertiary/aromatic N) is 2. The van der Waals surface area contributed by atoms with Crippen LogP contribution >= 0.6 is 47.8 Å². The Balaban J connectivity index is 0.00000132. The molecule has 0 radical (unpaired) electrons. The second-order valence-electron chi connectivity index (χ2n) is 5.56. The highest BCUT2D eigenvalue weighted by Crippen LogP contribution is 2.18. The van der Waals surface area contributed by atoms with Crippen molar-refractivity contribution in [3.8, 4) is 0 Å². The van der Waals surface area contributed by atoms with E-state index in [1.807, 2.05) is 12.1 Å². The first-order chi connectivity index (χ1) is 10.2. The van der Waals surface area contributed by atoms with Crippen molar-refractivity contribution in [3.63, 3.8) is 0 Å². The molecule has 23 heavy (non-hydrogen) atoms. The third kappa shape index (κ3) is 5.89. The third-order valence-corrected chi connectivity index (χ3v) is 5.02. The van der Waals surface area contributed by atoms with E-state index in [0.717, 1.165) is 37.6 Å². The lowest BCUT2D eigenvalue weighted by Crippen LogP contribution is -2.49. The summed E-state index contributed by atoms with van der Waals surface area (Å²) < 4.78 is 0. The molecule has 128 valence electrons. The highest BCUT2D eigenvalue weighted by atomic mass is 35.5. The van der Waals surface area contributed by atoms with Gasteiger partial charge in [0.1, 0.15) is 0 Å². The van der Waals surface area contributed by atoms with Crippen LogP contribution in [-0.2, 0) is 13.0 Å². The molecule has 0 aliphatic carbocycles. The summed E-state index contributed by atoms with van der Waals surface area (Å²) in [4.78, 5) is 7.28. The van der Waals surface area contributed by atoms with E-state index in [1.165, 1.54) is 16.3 Å². The lowest BCUT2D eigenvalue weighted by molar-refractivity contribution is 0.164. The van der Waals surface area contributed by atoms with Crippen LogP contribution in [0.5, 0.6) is 0 Å². The largest absolute Gasteiger partial charge is 0.314 e. The van der Waals surface area contributed by atoms with E-state index in [2.05, 4.69) is 34.7 Å². The topological polar surface area (TPSA) is 28.2 Å². The fourth-order valence-corrected chi connectivity index (χ4v) is 3.55. The first kappa shape index (κ1) is 20.7. The molecule has 1 aromatic heterocycles. The van der Waals surface area contributed by atoms with Gasteiger partial charge in [0, 0.05) is 49.0 Å². The molecule has 0 bridgehead atoms. The number of piperazine rings is 1. The Hall–Kier alpha value is -0.360. The Bertz CT molecular complexity index is 589. The molecule has 0 spiro atoms. The molecule has 2 heterocycles. The second-order valence-corrected chi connectivity index (χ2v) is 6.94. The molecular weight excluding hydrogens is 373 g/mol. The maximum absolute atomic E-state index is 5.92. The van der Waals surface area contributed by atoms with Crippen LogP contribution in [0, 0.1) is 0 Å². The Morgan fingerprint density at radius 2 is 2.04 bits per heavy atom. The second kappa shape index (κ2) is 9.82. The number of thiazole rings is 1. The number of hydrogen-bond acceptors (Lipinski definition) is 4. The molecular formula is C16H22Cl3N3S. The van der Waals surface area contributed by atoms with Gasteiger partial charge in [-0.05, 0) is 24.6 Å². The van der Waals surface area contributed by atoms with Gasteiger partial charge in [-0.2, -0.15) is 0 Å². The molecule has 1 fully saturated rings. The summed E-state index contributed by atoms with van der Waals surface area (Å²) in [5, 5.41) is 7.58. The minimum Gasteiger partial charge on any atom is -0.314 e. The molecule has 7 heteroatoms. The summed E-state index contributed by atoms with van der Waals surface area (Å²) in [6.45, 7) is 6.48. The molecule has 2 aromatic rings. The van der Waals surface area contributed by atoms with E-state index < -0.39 is 0 Å². The first-order valence-corrected chi connectivity index (χ1v) is 8.59. The van der Waals surface area contributed by atoms with E-state index in [-0.39, 0.29) is 24.8 Å². The summed E-state index contributed by atoms with van der Waals surface area (Å²) in [5.41, 5.74) is 2.45.